The van der Waals surface area contributed by atoms with Crippen LogP contribution < -0.4 is 5.73 Å². The molecule has 0 saturated heterocycles. The van der Waals surface area contributed by atoms with Crippen LogP contribution in [0.5, 0.6) is 0 Å². The van der Waals surface area contributed by atoms with Crippen LogP contribution in [0.2, 0.25) is 0 Å². The highest BCUT2D eigenvalue weighted by Crippen LogP contribution is 2.38. The second-order valence-electron chi connectivity index (χ2n) is 2.89. The van der Waals surface area contributed by atoms with Crippen molar-refractivity contribution >= 4 is 5.97 Å². The molecule has 0 amide bonds. The summed E-state index contributed by atoms with van der Waals surface area (Å²) in [6.45, 7) is 0.479. The molecule has 3 heteroatoms. The number of rotatable bonds is 1. The van der Waals surface area contributed by atoms with Crippen molar-refractivity contribution in [3.05, 3.63) is 0 Å². The summed E-state index contributed by atoms with van der Waals surface area (Å²) in [7, 11) is 0. The molecule has 0 unspecified atom stereocenters. The van der Waals surface area contributed by atoms with Gasteiger partial charge in [-0.3, -0.25) is 0 Å². The Balaban J connectivity index is 2.59. The molecule has 0 radical (unpaired) electrons. The van der Waals surface area contributed by atoms with Crippen LogP contribution >= 0.6 is 0 Å². The van der Waals surface area contributed by atoms with Crippen molar-refractivity contribution in [3.63, 3.8) is 0 Å². The third-order valence-electron chi connectivity index (χ3n) is 2.14. The smallest absolute Gasteiger partial charge is 0.381 e. The summed E-state index contributed by atoms with van der Waals surface area (Å²) in [5.74, 6) is 3.77. The van der Waals surface area contributed by atoms with Crippen molar-refractivity contribution in [1.29, 1.82) is 0 Å². The number of hydrogen-bond acceptors (Lipinski definition) is 2. The van der Waals surface area contributed by atoms with Gasteiger partial charge in [0.15, 0.2) is 0 Å². The van der Waals surface area contributed by atoms with Gasteiger partial charge in [-0.25, -0.2) is 4.79 Å². The zero-order valence-corrected chi connectivity index (χ0v) is 6.26. The Labute approximate surface area is 65.6 Å². The zero-order chi connectivity index (χ0) is 8.32. The predicted octanol–water partition coefficient (Wildman–Crippen LogP) is 0.203. The maximum absolute atomic E-state index is 10.1. The lowest BCUT2D eigenvalue weighted by molar-refractivity contribution is -0.130. The van der Waals surface area contributed by atoms with E-state index in [0.29, 0.717) is 6.54 Å². The second-order valence-corrected chi connectivity index (χ2v) is 2.89. The Hall–Kier alpha value is -1.01. The van der Waals surface area contributed by atoms with Gasteiger partial charge in [-0.2, -0.15) is 0 Å². The molecule has 60 valence electrons. The fourth-order valence-electron chi connectivity index (χ4n) is 1.17. The van der Waals surface area contributed by atoms with Gasteiger partial charge in [-0.15, -0.1) is 0 Å². The van der Waals surface area contributed by atoms with Gasteiger partial charge in [0.1, 0.15) is 0 Å². The molecule has 0 heterocycles. The summed E-state index contributed by atoms with van der Waals surface area (Å²) in [5.41, 5.74) is 5.29. The topological polar surface area (TPSA) is 63.3 Å². The normalized spacial score (nSPS) is 19.4. The van der Waals surface area contributed by atoms with E-state index in [1.807, 2.05) is 0 Å². The lowest BCUT2D eigenvalue weighted by atomic mass is 9.69. The Morgan fingerprint density at radius 2 is 2.27 bits per heavy atom. The first kappa shape index (κ1) is 8.09. The maximum atomic E-state index is 10.1. The van der Waals surface area contributed by atoms with Crippen LogP contribution in [0.15, 0.2) is 0 Å². The largest absolute Gasteiger partial charge is 0.472 e. The quantitative estimate of drug-likeness (QED) is 0.529. The van der Waals surface area contributed by atoms with Crippen molar-refractivity contribution in [3.8, 4) is 11.8 Å². The molecule has 1 rings (SSSR count). The summed E-state index contributed by atoms with van der Waals surface area (Å²) in [6.07, 6.45) is 3.01. The molecule has 1 fully saturated rings. The minimum absolute atomic E-state index is 0.168. The van der Waals surface area contributed by atoms with E-state index in [1.54, 1.807) is 0 Å². The third-order valence-corrected chi connectivity index (χ3v) is 2.14. The Morgan fingerprint density at radius 3 is 2.55 bits per heavy atom. The molecule has 1 aliphatic rings. The van der Waals surface area contributed by atoms with Crippen molar-refractivity contribution in [2.75, 3.05) is 6.54 Å². The average Bonchev–Trinajstić information content (AvgIpc) is 1.86. The molecule has 3 nitrogen and oxygen atoms in total. The fourth-order valence-corrected chi connectivity index (χ4v) is 1.17. The van der Waals surface area contributed by atoms with Gasteiger partial charge in [0.2, 0.25) is 0 Å². The van der Waals surface area contributed by atoms with Crippen LogP contribution in [0.4, 0.5) is 0 Å². The first-order chi connectivity index (χ1) is 5.18. The van der Waals surface area contributed by atoms with Gasteiger partial charge >= 0.3 is 5.97 Å². The number of carboxylic acids is 1. The summed E-state index contributed by atoms with van der Waals surface area (Å²) < 4.78 is 0. The van der Waals surface area contributed by atoms with Crippen LogP contribution in [0.25, 0.3) is 0 Å². The Morgan fingerprint density at radius 1 is 1.64 bits per heavy atom. The summed E-state index contributed by atoms with van der Waals surface area (Å²) in [4.78, 5) is 10.1. The first-order valence-electron chi connectivity index (χ1n) is 3.65. The molecule has 0 spiro atoms. The average molecular weight is 153 g/mol. The fraction of sp³-hybridized carbons (Fsp3) is 0.625. The van der Waals surface area contributed by atoms with Crippen LogP contribution in [-0.2, 0) is 4.79 Å². The van der Waals surface area contributed by atoms with Crippen LogP contribution in [0.3, 0.4) is 0 Å². The minimum atomic E-state index is -1.07. The van der Waals surface area contributed by atoms with E-state index in [4.69, 9.17) is 10.8 Å². The second kappa shape index (κ2) is 2.93. The highest BCUT2D eigenvalue weighted by Gasteiger charge is 2.33. The number of carboxylic acid groups (broad SMARTS) is 1. The minimum Gasteiger partial charge on any atom is -0.472 e. The van der Waals surface area contributed by atoms with Gasteiger partial charge in [0.05, 0.1) is 0 Å². The molecular formula is C8H11NO2. The van der Waals surface area contributed by atoms with Crippen molar-refractivity contribution in [1.82, 2.24) is 0 Å². The highest BCUT2D eigenvalue weighted by molar-refractivity contribution is 5.86. The summed E-state index contributed by atoms with van der Waals surface area (Å²) >= 11 is 0. The molecule has 1 aliphatic carbocycles. The standard InChI is InChI=1S/C8H11NO2/c9-6-8(3-1-4-8)5-2-7(10)11/h1,3-4,6,9H2,(H,10,11). The zero-order valence-electron chi connectivity index (χ0n) is 6.26. The lowest BCUT2D eigenvalue weighted by Crippen LogP contribution is -2.35. The maximum Gasteiger partial charge on any atom is 0.381 e. The molecule has 0 bridgehead atoms. The number of aliphatic carboxylic acids is 1. The summed E-state index contributed by atoms with van der Waals surface area (Å²) in [6, 6.07) is 0. The number of carbonyl (C=O) groups is 1. The van der Waals surface area contributed by atoms with Gasteiger partial charge in [-0.1, -0.05) is 12.3 Å². The van der Waals surface area contributed by atoms with E-state index >= 15 is 0 Å². The van der Waals surface area contributed by atoms with Crippen molar-refractivity contribution in [2.45, 2.75) is 19.3 Å². The van der Waals surface area contributed by atoms with Gasteiger partial charge in [-0.05, 0) is 12.8 Å². The molecule has 11 heavy (non-hydrogen) atoms. The predicted molar refractivity (Wildman–Crippen MR) is 40.8 cm³/mol. The molecule has 0 atom stereocenters. The van der Waals surface area contributed by atoms with E-state index < -0.39 is 5.97 Å². The van der Waals surface area contributed by atoms with Gasteiger partial charge < -0.3 is 10.8 Å². The van der Waals surface area contributed by atoms with E-state index in [1.165, 1.54) is 0 Å². The number of nitrogens with two attached hydrogens (primary N) is 1. The van der Waals surface area contributed by atoms with E-state index in [0.717, 1.165) is 19.3 Å². The van der Waals surface area contributed by atoms with Gasteiger partial charge in [0, 0.05) is 17.9 Å². The monoisotopic (exact) mass is 153 g/mol. The third kappa shape index (κ3) is 1.72. The molecule has 1 saturated carbocycles. The van der Waals surface area contributed by atoms with E-state index in [9.17, 15) is 4.79 Å². The Bertz CT molecular complexity index is 214. The molecule has 0 aromatic carbocycles. The first-order valence-corrected chi connectivity index (χ1v) is 3.65. The molecule has 0 aromatic heterocycles. The lowest BCUT2D eigenvalue weighted by Gasteiger charge is -2.35. The van der Waals surface area contributed by atoms with Gasteiger partial charge in [0.25, 0.3) is 0 Å². The molecule has 0 aliphatic heterocycles. The SMILES string of the molecule is NCC1(C#CC(=O)O)CCC1. The molecular weight excluding hydrogens is 142 g/mol. The van der Waals surface area contributed by atoms with Crippen LogP contribution in [-0.4, -0.2) is 17.6 Å². The number of hydrogen-bond donors (Lipinski definition) is 2. The molecule has 3 N–H and O–H groups in total. The van der Waals surface area contributed by atoms with E-state index in [-0.39, 0.29) is 5.41 Å². The molecule has 0 aromatic rings. The summed E-state index contributed by atoms with van der Waals surface area (Å²) in [5, 5.41) is 8.28. The van der Waals surface area contributed by atoms with Crippen molar-refractivity contribution < 1.29 is 9.90 Å². The Kier molecular flexibility index (Phi) is 2.16. The van der Waals surface area contributed by atoms with E-state index in [2.05, 4.69) is 11.8 Å². The highest BCUT2D eigenvalue weighted by atomic mass is 16.4. The van der Waals surface area contributed by atoms with Crippen LogP contribution in [0, 0.1) is 17.3 Å². The van der Waals surface area contributed by atoms with Crippen molar-refractivity contribution in [2.24, 2.45) is 11.1 Å². The van der Waals surface area contributed by atoms with Crippen LogP contribution in [0.1, 0.15) is 19.3 Å².